The minimum Gasteiger partial charge on any atom is -0.244 e. The molecule has 3 aromatic rings. The summed E-state index contributed by atoms with van der Waals surface area (Å²) < 4.78 is 0. The number of pyridine rings is 1. The molecule has 1 aromatic heterocycles. The standard InChI is InChI=1S/C23H23Cl2N/c1-14(2)19-9-16(10-20(11-19)15(3)4)5-6-17-12-21(24)13-18-7-8-26-23(25)22(17)18/h5-15H,1-4H3/b6-5+. The summed E-state index contributed by atoms with van der Waals surface area (Å²) in [6.07, 6.45) is 5.91. The zero-order valence-electron chi connectivity index (χ0n) is 15.6. The predicted molar refractivity (Wildman–Crippen MR) is 115 cm³/mol. The molecule has 0 bridgehead atoms. The number of hydrogen-bond donors (Lipinski definition) is 0. The van der Waals surface area contributed by atoms with Gasteiger partial charge in [0.15, 0.2) is 0 Å². The van der Waals surface area contributed by atoms with E-state index in [9.17, 15) is 0 Å². The van der Waals surface area contributed by atoms with Gasteiger partial charge in [0.25, 0.3) is 0 Å². The highest BCUT2D eigenvalue weighted by Gasteiger charge is 2.08. The van der Waals surface area contributed by atoms with Crippen LogP contribution in [0.15, 0.2) is 42.6 Å². The van der Waals surface area contributed by atoms with Crippen LogP contribution in [0, 0.1) is 0 Å². The van der Waals surface area contributed by atoms with Gasteiger partial charge >= 0.3 is 0 Å². The number of fused-ring (bicyclic) bond motifs is 1. The molecule has 0 saturated carbocycles. The maximum atomic E-state index is 6.34. The van der Waals surface area contributed by atoms with Crippen molar-refractivity contribution in [1.82, 2.24) is 4.98 Å². The quantitative estimate of drug-likeness (QED) is 0.328. The van der Waals surface area contributed by atoms with Crippen molar-refractivity contribution in [2.24, 2.45) is 0 Å². The van der Waals surface area contributed by atoms with Crippen molar-refractivity contribution in [3.8, 4) is 0 Å². The van der Waals surface area contributed by atoms with Crippen molar-refractivity contribution in [3.63, 3.8) is 0 Å². The summed E-state index contributed by atoms with van der Waals surface area (Å²) in [5.41, 5.74) is 4.87. The first-order valence-corrected chi connectivity index (χ1v) is 9.67. The number of nitrogens with zero attached hydrogens (tertiary/aromatic N) is 1. The summed E-state index contributed by atoms with van der Waals surface area (Å²) in [7, 11) is 0. The van der Waals surface area contributed by atoms with E-state index in [0.29, 0.717) is 22.0 Å². The molecule has 0 aliphatic heterocycles. The van der Waals surface area contributed by atoms with Gasteiger partial charge in [-0.2, -0.15) is 0 Å². The maximum absolute atomic E-state index is 6.34. The molecule has 2 aromatic carbocycles. The Hall–Kier alpha value is -1.83. The van der Waals surface area contributed by atoms with Crippen molar-refractivity contribution in [2.45, 2.75) is 39.5 Å². The SMILES string of the molecule is CC(C)c1cc(/C=C/c2cc(Cl)cc3ccnc(Cl)c23)cc(C(C)C)c1. The van der Waals surface area contributed by atoms with Crippen LogP contribution in [0.25, 0.3) is 22.9 Å². The predicted octanol–water partition coefficient (Wildman–Crippen LogP) is 7.96. The van der Waals surface area contributed by atoms with Gasteiger partial charge in [-0.15, -0.1) is 0 Å². The van der Waals surface area contributed by atoms with Gasteiger partial charge in [-0.25, -0.2) is 4.98 Å². The molecule has 0 amide bonds. The third-order valence-corrected chi connectivity index (χ3v) is 5.11. The third kappa shape index (κ3) is 4.11. The Morgan fingerprint density at radius 1 is 0.846 bits per heavy atom. The van der Waals surface area contributed by atoms with E-state index < -0.39 is 0 Å². The lowest BCUT2D eigenvalue weighted by Gasteiger charge is -2.13. The molecule has 3 heteroatoms. The van der Waals surface area contributed by atoms with Gasteiger partial charge in [-0.1, -0.05) is 81.2 Å². The zero-order chi connectivity index (χ0) is 18.8. The topological polar surface area (TPSA) is 12.9 Å². The molecule has 1 heterocycles. The molecular formula is C23H23Cl2N. The van der Waals surface area contributed by atoms with Crippen molar-refractivity contribution < 1.29 is 0 Å². The van der Waals surface area contributed by atoms with Crippen molar-refractivity contribution in [1.29, 1.82) is 0 Å². The van der Waals surface area contributed by atoms with Crippen molar-refractivity contribution >= 4 is 46.1 Å². The highest BCUT2D eigenvalue weighted by molar-refractivity contribution is 6.36. The highest BCUT2D eigenvalue weighted by atomic mass is 35.5. The number of hydrogen-bond acceptors (Lipinski definition) is 1. The molecule has 0 N–H and O–H groups in total. The molecule has 0 aliphatic carbocycles. The van der Waals surface area contributed by atoms with Crippen LogP contribution in [0.1, 0.15) is 61.8 Å². The second-order valence-corrected chi connectivity index (χ2v) is 8.07. The summed E-state index contributed by atoms with van der Waals surface area (Å²) in [6.45, 7) is 8.90. The number of rotatable bonds is 4. The number of aromatic nitrogens is 1. The Labute approximate surface area is 165 Å². The van der Waals surface area contributed by atoms with E-state index in [4.69, 9.17) is 23.2 Å². The van der Waals surface area contributed by atoms with Crippen LogP contribution < -0.4 is 0 Å². The summed E-state index contributed by atoms with van der Waals surface area (Å²) in [4.78, 5) is 4.22. The van der Waals surface area contributed by atoms with Crippen molar-refractivity contribution in [2.75, 3.05) is 0 Å². The van der Waals surface area contributed by atoms with Gasteiger partial charge in [-0.05, 0) is 57.7 Å². The number of benzene rings is 2. The monoisotopic (exact) mass is 383 g/mol. The van der Waals surface area contributed by atoms with Crippen LogP contribution in [-0.4, -0.2) is 4.98 Å². The average Bonchev–Trinajstić information content (AvgIpc) is 2.59. The van der Waals surface area contributed by atoms with Crippen LogP contribution in [0.5, 0.6) is 0 Å². The van der Waals surface area contributed by atoms with E-state index >= 15 is 0 Å². The second-order valence-electron chi connectivity index (χ2n) is 7.27. The molecule has 1 nitrogen and oxygen atoms in total. The summed E-state index contributed by atoms with van der Waals surface area (Å²) in [5, 5.41) is 3.12. The Morgan fingerprint density at radius 3 is 2.12 bits per heavy atom. The fourth-order valence-corrected chi connectivity index (χ4v) is 3.56. The minimum atomic E-state index is 0.492. The smallest absolute Gasteiger partial charge is 0.137 e. The van der Waals surface area contributed by atoms with E-state index in [-0.39, 0.29) is 0 Å². The molecule has 0 radical (unpaired) electrons. The fourth-order valence-electron chi connectivity index (χ4n) is 3.05. The Bertz CT molecular complexity index is 945. The summed E-state index contributed by atoms with van der Waals surface area (Å²) >= 11 is 12.6. The van der Waals surface area contributed by atoms with Crippen LogP contribution >= 0.6 is 23.2 Å². The minimum absolute atomic E-state index is 0.492. The fraction of sp³-hybridized carbons (Fsp3) is 0.261. The Kier molecular flexibility index (Phi) is 5.70. The van der Waals surface area contributed by atoms with Gasteiger partial charge in [0, 0.05) is 16.6 Å². The van der Waals surface area contributed by atoms with Crippen LogP contribution in [0.4, 0.5) is 0 Å². The lowest BCUT2D eigenvalue weighted by molar-refractivity contribution is 0.833. The first kappa shape index (κ1) is 18.9. The van der Waals surface area contributed by atoms with Gasteiger partial charge in [0.2, 0.25) is 0 Å². The molecule has 0 aliphatic rings. The second kappa shape index (κ2) is 7.82. The van der Waals surface area contributed by atoms with Gasteiger partial charge in [0.05, 0.1) is 0 Å². The Morgan fingerprint density at radius 2 is 1.50 bits per heavy atom. The van der Waals surface area contributed by atoms with E-state index in [1.807, 2.05) is 18.2 Å². The first-order chi connectivity index (χ1) is 12.3. The molecular weight excluding hydrogens is 361 g/mol. The van der Waals surface area contributed by atoms with Crippen LogP contribution in [0.2, 0.25) is 10.2 Å². The molecule has 3 rings (SSSR count). The number of halogens is 2. The first-order valence-electron chi connectivity index (χ1n) is 8.92. The molecule has 26 heavy (non-hydrogen) atoms. The highest BCUT2D eigenvalue weighted by Crippen LogP contribution is 2.30. The molecule has 0 saturated heterocycles. The molecule has 134 valence electrons. The third-order valence-electron chi connectivity index (χ3n) is 4.60. The van der Waals surface area contributed by atoms with Crippen molar-refractivity contribution in [3.05, 3.63) is 75.0 Å². The molecule has 0 atom stereocenters. The van der Waals surface area contributed by atoms with Gasteiger partial charge in [0.1, 0.15) is 5.15 Å². The molecule has 0 unspecified atom stereocenters. The van der Waals surface area contributed by atoms with E-state index in [1.165, 1.54) is 16.7 Å². The van der Waals surface area contributed by atoms with Gasteiger partial charge < -0.3 is 0 Å². The average molecular weight is 384 g/mol. The summed E-state index contributed by atoms with van der Waals surface area (Å²) in [5.74, 6) is 0.984. The van der Waals surface area contributed by atoms with E-state index in [0.717, 1.165) is 16.3 Å². The van der Waals surface area contributed by atoms with Gasteiger partial charge in [-0.3, -0.25) is 0 Å². The molecule has 0 fully saturated rings. The Balaban J connectivity index is 2.10. The lowest BCUT2D eigenvalue weighted by atomic mass is 9.93. The van der Waals surface area contributed by atoms with E-state index in [1.54, 1.807) is 6.20 Å². The maximum Gasteiger partial charge on any atom is 0.137 e. The molecule has 0 spiro atoms. The largest absolute Gasteiger partial charge is 0.244 e. The lowest BCUT2D eigenvalue weighted by Crippen LogP contribution is -1.94. The van der Waals surface area contributed by atoms with Crippen LogP contribution in [-0.2, 0) is 0 Å². The zero-order valence-corrected chi connectivity index (χ0v) is 17.1. The van der Waals surface area contributed by atoms with Crippen LogP contribution in [0.3, 0.4) is 0 Å². The normalized spacial score (nSPS) is 12.0. The summed E-state index contributed by atoms with van der Waals surface area (Å²) in [6, 6.07) is 12.6. The van der Waals surface area contributed by atoms with E-state index in [2.05, 4.69) is 63.0 Å².